The van der Waals surface area contributed by atoms with Crippen LogP contribution in [-0.4, -0.2) is 20.2 Å². The summed E-state index contributed by atoms with van der Waals surface area (Å²) in [6.45, 7) is 0. The van der Waals surface area contributed by atoms with Crippen molar-refractivity contribution in [1.82, 2.24) is 0 Å². The average Bonchev–Trinajstić information content (AvgIpc) is 2.93. The van der Waals surface area contributed by atoms with Crippen molar-refractivity contribution in [3.05, 3.63) is 34.4 Å². The van der Waals surface area contributed by atoms with E-state index in [9.17, 15) is 14.7 Å². The van der Waals surface area contributed by atoms with Crippen LogP contribution in [0.5, 0.6) is 11.5 Å². The van der Waals surface area contributed by atoms with Crippen LogP contribution < -0.4 is 20.0 Å². The lowest BCUT2D eigenvalue weighted by Gasteiger charge is -2.11. The third-order valence-corrected chi connectivity index (χ3v) is 3.11. The minimum Gasteiger partial charge on any atom is -0.542 e. The van der Waals surface area contributed by atoms with Gasteiger partial charge in [0.2, 0.25) is 5.75 Å². The Morgan fingerprint density at radius 1 is 1.19 bits per heavy atom. The minimum atomic E-state index is -1.60. The molecule has 0 spiro atoms. The maximum absolute atomic E-state index is 12.2. The lowest BCUT2D eigenvalue weighted by atomic mass is 10.1. The molecule has 1 aromatic carbocycles. The van der Waals surface area contributed by atoms with Gasteiger partial charge in [-0.15, -0.1) is 0 Å². The van der Waals surface area contributed by atoms with E-state index in [-0.39, 0.29) is 22.5 Å². The Bertz CT molecular complexity index is 916. The number of hydrogen-bond donors (Lipinski definition) is 0. The quantitative estimate of drug-likeness (QED) is 0.706. The molecule has 108 valence electrons. The van der Waals surface area contributed by atoms with E-state index in [1.54, 1.807) is 6.07 Å². The maximum atomic E-state index is 12.2. The second-order valence-corrected chi connectivity index (χ2v) is 4.20. The van der Waals surface area contributed by atoms with Gasteiger partial charge in [0.1, 0.15) is 17.1 Å². The smallest absolute Gasteiger partial charge is 0.206 e. The van der Waals surface area contributed by atoms with Crippen LogP contribution in [0.4, 0.5) is 0 Å². The first-order chi connectivity index (χ1) is 10.1. The van der Waals surface area contributed by atoms with Gasteiger partial charge in [-0.2, -0.15) is 0 Å². The summed E-state index contributed by atoms with van der Waals surface area (Å²) in [6, 6.07) is 2.45. The first-order valence-electron chi connectivity index (χ1n) is 5.88. The fourth-order valence-corrected chi connectivity index (χ4v) is 2.27. The lowest BCUT2D eigenvalue weighted by Crippen LogP contribution is -2.23. The van der Waals surface area contributed by atoms with Gasteiger partial charge in [0.15, 0.2) is 22.4 Å². The molecule has 3 rings (SSSR count). The van der Waals surface area contributed by atoms with E-state index >= 15 is 0 Å². The van der Waals surface area contributed by atoms with E-state index in [2.05, 4.69) is 0 Å². The van der Waals surface area contributed by atoms with E-state index in [1.807, 2.05) is 0 Å². The molecule has 0 aliphatic rings. The molecule has 0 unspecified atom stereocenters. The number of rotatable bonds is 3. The largest absolute Gasteiger partial charge is 0.542 e. The number of hydrogen-bond acceptors (Lipinski definition) is 7. The van der Waals surface area contributed by atoms with Gasteiger partial charge < -0.3 is 28.2 Å². The molecule has 3 aromatic rings. The molecule has 2 aromatic heterocycles. The van der Waals surface area contributed by atoms with Gasteiger partial charge in [0, 0.05) is 6.07 Å². The van der Waals surface area contributed by atoms with Crippen molar-refractivity contribution in [2.75, 3.05) is 14.2 Å². The number of carbonyl (C=O) groups is 1. The molecule has 0 saturated heterocycles. The third-order valence-electron chi connectivity index (χ3n) is 3.11. The number of ether oxygens (including phenoxy) is 2. The van der Waals surface area contributed by atoms with Crippen LogP contribution in [0.1, 0.15) is 10.6 Å². The summed E-state index contributed by atoms with van der Waals surface area (Å²) in [7, 11) is 2.74. The molecule has 7 heteroatoms. The molecule has 0 fully saturated rings. The van der Waals surface area contributed by atoms with Crippen LogP contribution in [0, 0.1) is 0 Å². The Hall–Kier alpha value is -2.96. The van der Waals surface area contributed by atoms with Crippen LogP contribution in [0.15, 0.2) is 32.0 Å². The summed E-state index contributed by atoms with van der Waals surface area (Å²) >= 11 is 0. The molecule has 0 saturated carbocycles. The Labute approximate surface area is 117 Å². The van der Waals surface area contributed by atoms with Gasteiger partial charge >= 0.3 is 0 Å². The third kappa shape index (κ3) is 1.74. The highest BCUT2D eigenvalue weighted by Gasteiger charge is 2.22. The zero-order valence-electron chi connectivity index (χ0n) is 11.1. The topological polar surface area (TPSA) is 102 Å². The molecular formula is C14H9O7-. The predicted molar refractivity (Wildman–Crippen MR) is 69.7 cm³/mol. The number of carbonyl (C=O) groups excluding carboxylic acids is 1. The molecular weight excluding hydrogens is 280 g/mol. The molecule has 2 heterocycles. The van der Waals surface area contributed by atoms with E-state index in [4.69, 9.17) is 18.3 Å². The van der Waals surface area contributed by atoms with Crippen molar-refractivity contribution in [3.8, 4) is 11.5 Å². The molecule has 0 N–H and O–H groups in total. The highest BCUT2D eigenvalue weighted by Crippen LogP contribution is 2.41. The molecule has 7 nitrogen and oxygen atoms in total. The van der Waals surface area contributed by atoms with Gasteiger partial charge in [-0.3, -0.25) is 4.79 Å². The Morgan fingerprint density at radius 3 is 2.52 bits per heavy atom. The van der Waals surface area contributed by atoms with Crippen LogP contribution in [0.3, 0.4) is 0 Å². The number of benzene rings is 1. The number of carboxylic acids is 1. The minimum absolute atomic E-state index is 0.0662. The van der Waals surface area contributed by atoms with Crippen LogP contribution in [-0.2, 0) is 0 Å². The van der Waals surface area contributed by atoms with Crippen LogP contribution in [0.25, 0.3) is 21.9 Å². The van der Waals surface area contributed by atoms with Crippen LogP contribution in [0.2, 0.25) is 0 Å². The van der Waals surface area contributed by atoms with E-state index in [0.717, 1.165) is 6.07 Å². The lowest BCUT2D eigenvalue weighted by molar-refractivity contribution is -0.257. The van der Waals surface area contributed by atoms with Crippen molar-refractivity contribution in [3.63, 3.8) is 0 Å². The zero-order valence-corrected chi connectivity index (χ0v) is 11.1. The fourth-order valence-electron chi connectivity index (χ4n) is 2.27. The Morgan fingerprint density at radius 2 is 1.90 bits per heavy atom. The first-order valence-corrected chi connectivity index (χ1v) is 5.88. The second-order valence-electron chi connectivity index (χ2n) is 4.20. The first kappa shape index (κ1) is 13.0. The van der Waals surface area contributed by atoms with Gasteiger partial charge in [0.25, 0.3) is 0 Å². The predicted octanol–water partition coefficient (Wildman–Crippen LogP) is 0.920. The highest BCUT2D eigenvalue weighted by atomic mass is 16.5. The summed E-state index contributed by atoms with van der Waals surface area (Å²) in [4.78, 5) is 23.1. The van der Waals surface area contributed by atoms with E-state index in [0.29, 0.717) is 11.0 Å². The van der Waals surface area contributed by atoms with Gasteiger partial charge in [0.05, 0.1) is 25.9 Å². The highest BCUT2D eigenvalue weighted by molar-refractivity contribution is 6.07. The SMILES string of the molecule is COc1c2occc2c(OC)c2c(=O)cc(C(=O)[O-])oc12. The summed E-state index contributed by atoms with van der Waals surface area (Å²) < 4.78 is 21.0. The monoisotopic (exact) mass is 289 g/mol. The molecule has 0 atom stereocenters. The van der Waals surface area contributed by atoms with Crippen molar-refractivity contribution in [1.29, 1.82) is 0 Å². The normalized spacial score (nSPS) is 11.0. The van der Waals surface area contributed by atoms with Crippen molar-refractivity contribution < 1.29 is 28.2 Å². The second kappa shape index (κ2) is 4.55. The number of furan rings is 1. The van der Waals surface area contributed by atoms with E-state index in [1.165, 1.54) is 20.5 Å². The number of fused-ring (bicyclic) bond motifs is 2. The molecule has 0 aliphatic heterocycles. The molecule has 0 amide bonds. The van der Waals surface area contributed by atoms with Gasteiger partial charge in [-0.25, -0.2) is 0 Å². The number of methoxy groups -OCH3 is 2. The van der Waals surface area contributed by atoms with Crippen LogP contribution >= 0.6 is 0 Å². The van der Waals surface area contributed by atoms with Crippen molar-refractivity contribution in [2.45, 2.75) is 0 Å². The molecule has 0 aliphatic carbocycles. The van der Waals surface area contributed by atoms with Crippen molar-refractivity contribution >= 4 is 27.9 Å². The Kier molecular flexibility index (Phi) is 2.83. The summed E-state index contributed by atoms with van der Waals surface area (Å²) in [5, 5.41) is 11.5. The van der Waals surface area contributed by atoms with E-state index < -0.39 is 17.2 Å². The average molecular weight is 289 g/mol. The van der Waals surface area contributed by atoms with Gasteiger partial charge in [-0.05, 0) is 6.07 Å². The summed E-state index contributed by atoms with van der Waals surface area (Å²) in [5.74, 6) is -1.85. The molecule has 0 bridgehead atoms. The Balaban J connectivity index is 2.62. The molecule has 21 heavy (non-hydrogen) atoms. The van der Waals surface area contributed by atoms with Crippen molar-refractivity contribution in [2.24, 2.45) is 0 Å². The molecule has 0 radical (unpaired) electrons. The number of carboxylic acid groups (broad SMARTS) is 1. The standard InChI is InChI=1S/C14H10O7/c1-18-10-6-3-4-20-11(6)13(19-2)12-9(10)7(15)5-8(21-12)14(16)17/h3-5H,1-2H3,(H,16,17)/p-1. The summed E-state index contributed by atoms with van der Waals surface area (Å²) in [6.07, 6.45) is 1.40. The fraction of sp³-hybridized carbons (Fsp3) is 0.143. The maximum Gasteiger partial charge on any atom is 0.206 e. The number of aromatic carboxylic acids is 1. The summed E-state index contributed by atoms with van der Waals surface area (Å²) in [5.41, 5.74) is -0.349. The zero-order chi connectivity index (χ0) is 15.1. The van der Waals surface area contributed by atoms with Gasteiger partial charge in [-0.1, -0.05) is 0 Å².